The van der Waals surface area contributed by atoms with Gasteiger partial charge in [0.05, 0.1) is 34.3 Å². The van der Waals surface area contributed by atoms with Gasteiger partial charge in [0.2, 0.25) is 0 Å². The third kappa shape index (κ3) is 6.59. The number of aliphatic hydroxyl groups is 2. The average Bonchev–Trinajstić information content (AvgIpc) is 3.26. The van der Waals surface area contributed by atoms with Gasteiger partial charge in [-0.2, -0.15) is 0 Å². The number of allylic oxidation sites excluding steroid dienone is 1. The van der Waals surface area contributed by atoms with Crippen LogP contribution in [0.2, 0.25) is 0 Å². The van der Waals surface area contributed by atoms with E-state index >= 15 is 0 Å². The SMILES string of the molecule is CC1=CCC(c2ccc3sc(CN)nc3c2)OC(=O)CC(O)C(C)(C)C(=O)C(C)C(O)C(C)CCC1. The van der Waals surface area contributed by atoms with E-state index in [2.05, 4.69) is 18.0 Å². The number of rotatable bonds is 2. The van der Waals surface area contributed by atoms with Gasteiger partial charge in [0.1, 0.15) is 16.9 Å². The van der Waals surface area contributed by atoms with Crippen molar-refractivity contribution in [1.82, 2.24) is 4.98 Å². The van der Waals surface area contributed by atoms with Gasteiger partial charge in [0.15, 0.2) is 0 Å². The Bertz CT molecular complexity index is 1110. The van der Waals surface area contributed by atoms with Gasteiger partial charge >= 0.3 is 5.97 Å². The van der Waals surface area contributed by atoms with Gasteiger partial charge in [-0.3, -0.25) is 9.59 Å². The van der Waals surface area contributed by atoms with Gasteiger partial charge < -0.3 is 20.7 Å². The second-order valence-electron chi connectivity index (χ2n) is 10.8. The number of nitrogens with two attached hydrogens (primary N) is 1. The Hall–Kier alpha value is -2.13. The van der Waals surface area contributed by atoms with Crippen LogP contribution in [-0.4, -0.2) is 39.2 Å². The molecular weight excluding hydrogens is 476 g/mol. The molecule has 1 aromatic heterocycles. The summed E-state index contributed by atoms with van der Waals surface area (Å²) >= 11 is 1.54. The van der Waals surface area contributed by atoms with Crippen molar-refractivity contribution in [2.24, 2.45) is 23.0 Å². The highest BCUT2D eigenvalue weighted by Gasteiger charge is 2.42. The van der Waals surface area contributed by atoms with Crippen LogP contribution >= 0.6 is 11.3 Å². The number of ether oxygens (including phenoxy) is 1. The lowest BCUT2D eigenvalue weighted by Gasteiger charge is -2.34. The summed E-state index contributed by atoms with van der Waals surface area (Å²) < 4.78 is 6.90. The number of Topliss-reactive ketones (excluding diaryl/α,β-unsaturated/α-hetero) is 1. The molecule has 0 fully saturated rings. The highest BCUT2D eigenvalue weighted by molar-refractivity contribution is 7.18. The third-order valence-corrected chi connectivity index (χ3v) is 8.58. The highest BCUT2D eigenvalue weighted by atomic mass is 32.1. The summed E-state index contributed by atoms with van der Waals surface area (Å²) in [6.45, 7) is 9.33. The van der Waals surface area contributed by atoms with Gasteiger partial charge in [-0.1, -0.05) is 45.4 Å². The number of aliphatic hydroxyl groups excluding tert-OH is 2. The van der Waals surface area contributed by atoms with Crippen LogP contribution in [0.5, 0.6) is 0 Å². The maximum absolute atomic E-state index is 13.2. The smallest absolute Gasteiger partial charge is 0.309 e. The highest BCUT2D eigenvalue weighted by Crippen LogP contribution is 2.34. The van der Waals surface area contributed by atoms with Crippen molar-refractivity contribution in [3.05, 3.63) is 40.4 Å². The number of nitrogens with zero attached hydrogens (tertiary/aromatic N) is 1. The topological polar surface area (TPSA) is 123 Å². The Kier molecular flexibility index (Phi) is 9.44. The van der Waals surface area contributed by atoms with Crippen molar-refractivity contribution in [1.29, 1.82) is 0 Å². The lowest BCUT2D eigenvalue weighted by atomic mass is 9.73. The van der Waals surface area contributed by atoms with Crippen LogP contribution in [0, 0.1) is 17.3 Å². The zero-order chi connectivity index (χ0) is 26.6. The Morgan fingerprint density at radius 1 is 1.22 bits per heavy atom. The normalized spacial score (nSPS) is 29.1. The summed E-state index contributed by atoms with van der Waals surface area (Å²) in [5.74, 6) is -1.54. The molecular formula is C28H40N2O5S. The lowest BCUT2D eigenvalue weighted by molar-refractivity contribution is -0.155. The maximum Gasteiger partial charge on any atom is 0.309 e. The second-order valence-corrected chi connectivity index (χ2v) is 11.9. The van der Waals surface area contributed by atoms with E-state index in [9.17, 15) is 19.8 Å². The minimum absolute atomic E-state index is 0.0569. The quantitative estimate of drug-likeness (QED) is 0.386. The first-order valence-corrected chi connectivity index (χ1v) is 13.6. The van der Waals surface area contributed by atoms with Crippen LogP contribution in [0.3, 0.4) is 0 Å². The molecule has 2 heterocycles. The molecule has 3 rings (SSSR count). The number of hydrogen-bond acceptors (Lipinski definition) is 8. The van der Waals surface area contributed by atoms with Crippen LogP contribution in [0.1, 0.15) is 83.4 Å². The average molecular weight is 517 g/mol. The second kappa shape index (κ2) is 11.9. The summed E-state index contributed by atoms with van der Waals surface area (Å²) in [5.41, 5.74) is 7.36. The summed E-state index contributed by atoms with van der Waals surface area (Å²) in [5, 5.41) is 22.5. The summed E-state index contributed by atoms with van der Waals surface area (Å²) in [6.07, 6.45) is 2.21. The predicted octanol–water partition coefficient (Wildman–Crippen LogP) is 4.84. The van der Waals surface area contributed by atoms with Crippen LogP contribution in [0.25, 0.3) is 10.2 Å². The molecule has 0 saturated carbocycles. The van der Waals surface area contributed by atoms with Crippen molar-refractivity contribution in [2.75, 3.05) is 0 Å². The van der Waals surface area contributed by atoms with Crippen LogP contribution in [0.15, 0.2) is 29.8 Å². The van der Waals surface area contributed by atoms with Crippen molar-refractivity contribution in [3.63, 3.8) is 0 Å². The molecule has 7 nitrogen and oxygen atoms in total. The molecule has 1 aromatic carbocycles. The molecule has 0 radical (unpaired) electrons. The monoisotopic (exact) mass is 516 g/mol. The lowest BCUT2D eigenvalue weighted by Crippen LogP contribution is -2.45. The molecule has 36 heavy (non-hydrogen) atoms. The number of ketones is 1. The molecule has 1 aliphatic rings. The Labute approximate surface area is 217 Å². The Morgan fingerprint density at radius 3 is 2.64 bits per heavy atom. The first-order chi connectivity index (χ1) is 16.9. The largest absolute Gasteiger partial charge is 0.457 e. The van der Waals surface area contributed by atoms with E-state index in [1.165, 1.54) is 5.57 Å². The van der Waals surface area contributed by atoms with Crippen LogP contribution in [0.4, 0.5) is 0 Å². The summed E-state index contributed by atoms with van der Waals surface area (Å²) in [4.78, 5) is 30.8. The van der Waals surface area contributed by atoms with Gasteiger partial charge in [-0.15, -0.1) is 11.3 Å². The standard InChI is InChI=1S/C28H40N2O5S/c1-16-7-6-8-17(2)26(33)18(3)27(34)28(4,5)23(31)14-25(32)35-21(11-9-16)19-10-12-22-20(13-19)30-24(15-29)36-22/h9-10,12-13,17-18,21,23,26,31,33H,6-8,11,14-15,29H2,1-5H3. The predicted molar refractivity (Wildman–Crippen MR) is 142 cm³/mol. The van der Waals surface area contributed by atoms with Crippen LogP contribution in [-0.2, 0) is 20.9 Å². The van der Waals surface area contributed by atoms with Crippen molar-refractivity contribution in [2.45, 2.75) is 91.6 Å². The van der Waals surface area contributed by atoms with Crippen molar-refractivity contribution >= 4 is 33.3 Å². The van der Waals surface area contributed by atoms with E-state index in [1.54, 1.807) is 32.1 Å². The van der Waals surface area contributed by atoms with Gasteiger partial charge in [-0.05, 0) is 49.8 Å². The third-order valence-electron chi connectivity index (χ3n) is 7.52. The van der Waals surface area contributed by atoms with E-state index in [1.807, 2.05) is 25.1 Å². The molecule has 198 valence electrons. The molecule has 4 N–H and O–H groups in total. The number of aromatic nitrogens is 1. The Balaban J connectivity index is 1.91. The molecule has 5 atom stereocenters. The first kappa shape index (κ1) is 28.4. The minimum atomic E-state index is -1.23. The van der Waals surface area contributed by atoms with E-state index in [0.29, 0.717) is 13.0 Å². The number of hydrogen-bond donors (Lipinski definition) is 3. The number of cyclic esters (lactones) is 1. The Morgan fingerprint density at radius 2 is 1.94 bits per heavy atom. The molecule has 2 aromatic rings. The number of esters is 1. The van der Waals surface area contributed by atoms with Crippen LogP contribution < -0.4 is 5.73 Å². The van der Waals surface area contributed by atoms with E-state index in [0.717, 1.165) is 40.1 Å². The number of thiazole rings is 1. The maximum atomic E-state index is 13.2. The zero-order valence-electron chi connectivity index (χ0n) is 22.0. The van der Waals surface area contributed by atoms with Crippen molar-refractivity contribution in [3.8, 4) is 0 Å². The molecule has 8 heteroatoms. The fourth-order valence-electron chi connectivity index (χ4n) is 4.83. The minimum Gasteiger partial charge on any atom is -0.457 e. The van der Waals surface area contributed by atoms with Gasteiger partial charge in [-0.25, -0.2) is 4.98 Å². The molecule has 0 saturated heterocycles. The molecule has 0 aliphatic carbocycles. The van der Waals surface area contributed by atoms with Gasteiger partial charge in [0, 0.05) is 18.9 Å². The molecule has 0 spiro atoms. The van der Waals surface area contributed by atoms with E-state index in [4.69, 9.17) is 10.5 Å². The number of carbonyl (C=O) groups excluding carboxylic acids is 2. The molecule has 0 bridgehead atoms. The van der Waals surface area contributed by atoms with Crippen molar-refractivity contribution < 1.29 is 24.5 Å². The summed E-state index contributed by atoms with van der Waals surface area (Å²) in [6, 6.07) is 5.84. The van der Waals surface area contributed by atoms with E-state index < -0.39 is 35.6 Å². The molecule has 0 amide bonds. The molecule has 5 unspecified atom stereocenters. The number of fused-ring (bicyclic) bond motifs is 1. The number of carbonyl (C=O) groups is 2. The van der Waals surface area contributed by atoms with Gasteiger partial charge in [0.25, 0.3) is 0 Å². The van der Waals surface area contributed by atoms with E-state index in [-0.39, 0.29) is 18.1 Å². The summed E-state index contributed by atoms with van der Waals surface area (Å²) in [7, 11) is 0. The number of benzene rings is 1. The zero-order valence-corrected chi connectivity index (χ0v) is 22.8. The fourth-order valence-corrected chi connectivity index (χ4v) is 5.66. The fraction of sp³-hybridized carbons (Fsp3) is 0.607. The molecule has 1 aliphatic heterocycles. The first-order valence-electron chi connectivity index (χ1n) is 12.8.